The van der Waals surface area contributed by atoms with Gasteiger partial charge in [0.25, 0.3) is 0 Å². The van der Waals surface area contributed by atoms with Gasteiger partial charge in [0.05, 0.1) is 11.7 Å². The second-order valence-electron chi connectivity index (χ2n) is 2.86. The van der Waals surface area contributed by atoms with Gasteiger partial charge in [-0.25, -0.2) is 0 Å². The van der Waals surface area contributed by atoms with E-state index in [1.807, 2.05) is 0 Å². The SMILES string of the molecule is C=C1O[C-]=C(COC(=O)C(C)C)O1.[Rf]. The third kappa shape index (κ3) is 2.89. The van der Waals surface area contributed by atoms with Crippen molar-refractivity contribution in [3.63, 3.8) is 0 Å². The number of carbonyl (C=O) groups is 1. The van der Waals surface area contributed by atoms with E-state index in [0.29, 0.717) is 5.76 Å². The van der Waals surface area contributed by atoms with Crippen LogP contribution in [-0.4, -0.2) is 12.6 Å². The molecule has 0 spiro atoms. The van der Waals surface area contributed by atoms with Crippen LogP contribution in [0, 0.1) is 12.2 Å². The molecule has 0 aliphatic carbocycles. The summed E-state index contributed by atoms with van der Waals surface area (Å²) in [5.41, 5.74) is 0. The molecular formula is C9H11O4Rf-. The molecular weight excluding hydrogens is 439 g/mol. The largest absolute Gasteiger partial charge is 0.614 e. The predicted octanol–water partition coefficient (Wildman–Crippen LogP) is 1.35. The minimum absolute atomic E-state index is 0. The molecule has 1 heterocycles. The van der Waals surface area contributed by atoms with Crippen molar-refractivity contribution in [2.75, 3.05) is 6.61 Å². The molecule has 0 bridgehead atoms. The van der Waals surface area contributed by atoms with Gasteiger partial charge in [-0.3, -0.25) is 4.79 Å². The van der Waals surface area contributed by atoms with Crippen molar-refractivity contribution in [3.05, 3.63) is 24.5 Å². The van der Waals surface area contributed by atoms with Crippen LogP contribution in [0.4, 0.5) is 0 Å². The molecule has 4 nitrogen and oxygen atoms in total. The van der Waals surface area contributed by atoms with Gasteiger partial charge < -0.3 is 14.2 Å². The fourth-order valence-electron chi connectivity index (χ4n) is 0.655. The first-order valence-electron chi connectivity index (χ1n) is 3.91. The Labute approximate surface area is 76.8 Å². The molecule has 0 saturated heterocycles. The predicted molar refractivity (Wildman–Crippen MR) is 43.9 cm³/mol. The second-order valence-corrected chi connectivity index (χ2v) is 2.86. The molecule has 0 amide bonds. The van der Waals surface area contributed by atoms with Gasteiger partial charge in [-0.2, -0.15) is 0 Å². The molecule has 0 aromatic rings. The van der Waals surface area contributed by atoms with Crippen molar-refractivity contribution < 1.29 is 19.0 Å². The van der Waals surface area contributed by atoms with E-state index < -0.39 is 0 Å². The molecule has 0 atom stereocenters. The van der Waals surface area contributed by atoms with Crippen LogP contribution in [0.2, 0.25) is 0 Å². The van der Waals surface area contributed by atoms with Crippen LogP contribution < -0.4 is 0 Å². The van der Waals surface area contributed by atoms with Crippen LogP contribution in [0.1, 0.15) is 13.8 Å². The van der Waals surface area contributed by atoms with Gasteiger partial charge >= 0.3 is 5.97 Å². The molecule has 74 valence electrons. The third-order valence-corrected chi connectivity index (χ3v) is 1.33. The topological polar surface area (TPSA) is 44.8 Å². The second kappa shape index (κ2) is 4.54. The van der Waals surface area contributed by atoms with E-state index in [-0.39, 0.29) is 24.4 Å². The van der Waals surface area contributed by atoms with Gasteiger partial charge in [0.2, 0.25) is 0 Å². The summed E-state index contributed by atoms with van der Waals surface area (Å²) < 4.78 is 14.4. The quantitative estimate of drug-likeness (QED) is 0.482. The maximum Gasteiger partial charge on any atom is 0.308 e. The van der Waals surface area contributed by atoms with Crippen LogP contribution in [0.5, 0.6) is 0 Å². The Morgan fingerprint density at radius 2 is 2.29 bits per heavy atom. The molecule has 1 aliphatic rings. The zero-order valence-corrected chi connectivity index (χ0v) is 14.7. The summed E-state index contributed by atoms with van der Waals surface area (Å²) in [6, 6.07) is 0. The molecule has 1 rings (SSSR count). The van der Waals surface area contributed by atoms with Crippen molar-refractivity contribution in [2.45, 2.75) is 13.8 Å². The average molecular weight is 450 g/mol. The summed E-state index contributed by atoms with van der Waals surface area (Å²) in [5.74, 6) is 0.0520. The van der Waals surface area contributed by atoms with E-state index >= 15 is 0 Å². The number of hydrogen-bond acceptors (Lipinski definition) is 4. The first kappa shape index (κ1) is 11.6. The summed E-state index contributed by atoms with van der Waals surface area (Å²) in [6.07, 6.45) is 2.42. The molecule has 0 aromatic heterocycles. The number of esters is 1. The monoisotopic (exact) mass is 450 g/mol. The van der Waals surface area contributed by atoms with Gasteiger partial charge in [-0.1, -0.05) is 13.8 Å². The number of ether oxygens (including phenoxy) is 3. The van der Waals surface area contributed by atoms with Crippen molar-refractivity contribution in [1.29, 1.82) is 0 Å². The summed E-state index contributed by atoms with van der Waals surface area (Å²) in [6.45, 7) is 6.95. The molecule has 5 heteroatoms. The molecule has 0 saturated carbocycles. The van der Waals surface area contributed by atoms with E-state index in [1.165, 1.54) is 0 Å². The van der Waals surface area contributed by atoms with Gasteiger partial charge in [0, 0.05) is 0 Å². The van der Waals surface area contributed by atoms with Crippen LogP contribution >= 0.6 is 0 Å². The maximum absolute atomic E-state index is 11.0. The molecule has 0 unspecified atom stereocenters. The van der Waals surface area contributed by atoms with E-state index in [0.717, 1.165) is 0 Å². The molecule has 0 N–H and O–H groups in total. The zero-order valence-electron chi connectivity index (χ0n) is 8.33. The molecule has 1 aliphatic heterocycles. The Morgan fingerprint density at radius 1 is 1.64 bits per heavy atom. The maximum atomic E-state index is 11.0. The van der Waals surface area contributed by atoms with Crippen molar-refractivity contribution in [3.8, 4) is 0 Å². The van der Waals surface area contributed by atoms with Crippen LogP contribution in [-0.2, 0) is 19.0 Å². The number of carbonyl (C=O) groups excluding carboxylic acids is 1. The smallest absolute Gasteiger partial charge is 0.308 e. The normalized spacial score (nSPS) is 13.9. The number of rotatable bonds is 3. The van der Waals surface area contributed by atoms with Crippen molar-refractivity contribution in [2.24, 2.45) is 5.92 Å². The van der Waals surface area contributed by atoms with Gasteiger partial charge in [0.1, 0.15) is 12.6 Å². The average Bonchev–Trinajstić information content (AvgIpc) is 2.47. The standard InChI is InChI=1S/C9H11O4.Rf/c1-6(2)9(10)12-5-8-4-11-7(3)13-8;/h6H,3,5H2,1-2H3;/q-1;. The Bertz CT molecular complexity index is 258. The first-order valence-corrected chi connectivity index (χ1v) is 3.91. The van der Waals surface area contributed by atoms with E-state index in [1.54, 1.807) is 13.8 Å². The Hall–Kier alpha value is -2.45. The minimum atomic E-state index is -0.282. The third-order valence-electron chi connectivity index (χ3n) is 1.33. The Morgan fingerprint density at radius 3 is 2.71 bits per heavy atom. The van der Waals surface area contributed by atoms with Gasteiger partial charge in [-0.05, 0) is 6.26 Å². The van der Waals surface area contributed by atoms with Crippen LogP contribution in [0.15, 0.2) is 18.3 Å². The Kier molecular flexibility index (Phi) is 3.75. The van der Waals surface area contributed by atoms with Gasteiger partial charge in [-0.15, -0.1) is 6.58 Å². The van der Waals surface area contributed by atoms with Crippen molar-refractivity contribution >= 4 is 5.97 Å². The summed E-state index contributed by atoms with van der Waals surface area (Å²) in [4.78, 5) is 11.0. The first-order chi connectivity index (χ1) is 6.09. The van der Waals surface area contributed by atoms with Crippen molar-refractivity contribution in [1.82, 2.24) is 0 Å². The summed E-state index contributed by atoms with van der Waals surface area (Å²) >= 11 is 0. The number of hydrogen-bond donors (Lipinski definition) is 0. The van der Waals surface area contributed by atoms with Crippen LogP contribution in [0.25, 0.3) is 0 Å². The molecule has 0 aromatic carbocycles. The fraction of sp³-hybridized carbons (Fsp3) is 0.444. The Balaban J connectivity index is 0.00000169. The van der Waals surface area contributed by atoms with E-state index in [9.17, 15) is 4.79 Å². The van der Waals surface area contributed by atoms with E-state index in [4.69, 9.17) is 9.47 Å². The summed E-state index contributed by atoms with van der Waals surface area (Å²) in [7, 11) is 0. The zero-order chi connectivity index (χ0) is 9.84. The molecule has 14 heavy (non-hydrogen) atoms. The van der Waals surface area contributed by atoms with E-state index in [2.05, 4.69) is 17.6 Å². The molecule has 0 fully saturated rings. The summed E-state index contributed by atoms with van der Waals surface area (Å²) in [5, 5.41) is 0. The molecule has 0 radical (unpaired) electrons. The minimum Gasteiger partial charge on any atom is -0.614 e. The fourth-order valence-corrected chi connectivity index (χ4v) is 0.655. The van der Waals surface area contributed by atoms with Gasteiger partial charge in [0.15, 0.2) is 0 Å². The van der Waals surface area contributed by atoms with Crippen LogP contribution in [0.3, 0.4) is 0 Å².